The maximum absolute atomic E-state index is 6.10. The van der Waals surface area contributed by atoms with Gasteiger partial charge in [0.1, 0.15) is 0 Å². The van der Waals surface area contributed by atoms with E-state index in [0.29, 0.717) is 6.10 Å². The fraction of sp³-hybridized carbons (Fsp3) is 0.600. The topological polar surface area (TPSA) is 21.3 Å². The maximum atomic E-state index is 6.10. The van der Waals surface area contributed by atoms with Crippen LogP contribution in [0.4, 0.5) is 0 Å². The highest BCUT2D eigenvalue weighted by molar-refractivity contribution is 6.33. The lowest BCUT2D eigenvalue weighted by Gasteiger charge is -2.22. The first-order chi connectivity index (χ1) is 9.25. The van der Waals surface area contributed by atoms with Gasteiger partial charge in [-0.25, -0.2) is 0 Å². The second-order valence-corrected chi connectivity index (χ2v) is 5.89. The molecule has 106 valence electrons. The first kappa shape index (κ1) is 15.1. The molecule has 0 saturated heterocycles. The molecule has 1 saturated carbocycles. The van der Waals surface area contributed by atoms with E-state index in [1.807, 2.05) is 12.1 Å². The molecule has 2 nitrogen and oxygen atoms in total. The Kier molecular flexibility index (Phi) is 6.45. The van der Waals surface area contributed by atoms with E-state index < -0.39 is 0 Å². The van der Waals surface area contributed by atoms with Gasteiger partial charge in [-0.3, -0.25) is 0 Å². The fourth-order valence-corrected chi connectivity index (χ4v) is 2.81. The summed E-state index contributed by atoms with van der Waals surface area (Å²) in [7, 11) is 0. The molecule has 2 rings (SSSR count). The van der Waals surface area contributed by atoms with Crippen molar-refractivity contribution in [1.29, 1.82) is 0 Å². The van der Waals surface area contributed by atoms with Crippen molar-refractivity contribution in [2.45, 2.75) is 44.8 Å². The second-order valence-electron chi connectivity index (χ2n) is 5.04. The van der Waals surface area contributed by atoms with Gasteiger partial charge < -0.3 is 10.1 Å². The molecule has 1 fully saturated rings. The number of nitrogens with one attached hydrogen (secondary N) is 1. The molecule has 0 amide bonds. The summed E-state index contributed by atoms with van der Waals surface area (Å²) in [6.45, 7) is 2.34. The SMILES string of the molecule is Clc1ccc(Cl)c(CNCCOC2CCCCC2)c1. The quantitative estimate of drug-likeness (QED) is 0.785. The van der Waals surface area contributed by atoms with Crippen molar-refractivity contribution in [3.63, 3.8) is 0 Å². The lowest BCUT2D eigenvalue weighted by Crippen LogP contribution is -2.24. The number of hydrogen-bond donors (Lipinski definition) is 1. The largest absolute Gasteiger partial charge is 0.377 e. The number of halogens is 2. The molecule has 0 unspecified atom stereocenters. The van der Waals surface area contributed by atoms with Crippen molar-refractivity contribution in [3.8, 4) is 0 Å². The van der Waals surface area contributed by atoms with Crippen molar-refractivity contribution < 1.29 is 4.74 Å². The number of hydrogen-bond acceptors (Lipinski definition) is 2. The summed E-state index contributed by atoms with van der Waals surface area (Å²) in [5.41, 5.74) is 1.03. The third-order valence-electron chi connectivity index (χ3n) is 3.51. The summed E-state index contributed by atoms with van der Waals surface area (Å²) in [6.07, 6.45) is 6.92. The molecular formula is C15H21Cl2NO. The Morgan fingerprint density at radius 1 is 1.16 bits per heavy atom. The molecule has 4 heteroatoms. The van der Waals surface area contributed by atoms with Crippen LogP contribution in [0.25, 0.3) is 0 Å². The van der Waals surface area contributed by atoms with Crippen LogP contribution in [0, 0.1) is 0 Å². The van der Waals surface area contributed by atoms with Gasteiger partial charge >= 0.3 is 0 Å². The van der Waals surface area contributed by atoms with Crippen LogP contribution in [0.15, 0.2) is 18.2 Å². The molecular weight excluding hydrogens is 281 g/mol. The van der Waals surface area contributed by atoms with Crippen LogP contribution in [-0.2, 0) is 11.3 Å². The summed E-state index contributed by atoms with van der Waals surface area (Å²) in [6, 6.07) is 5.54. The predicted octanol–water partition coefficient (Wildman–Crippen LogP) is 4.43. The molecule has 0 aliphatic heterocycles. The molecule has 1 aliphatic carbocycles. The lowest BCUT2D eigenvalue weighted by molar-refractivity contribution is 0.0302. The zero-order chi connectivity index (χ0) is 13.5. The van der Waals surface area contributed by atoms with Crippen LogP contribution in [0.5, 0.6) is 0 Å². The van der Waals surface area contributed by atoms with Gasteiger partial charge in [0.25, 0.3) is 0 Å². The minimum Gasteiger partial charge on any atom is -0.377 e. The zero-order valence-corrected chi connectivity index (χ0v) is 12.6. The van der Waals surface area contributed by atoms with E-state index in [1.165, 1.54) is 32.1 Å². The Bertz CT molecular complexity index is 392. The van der Waals surface area contributed by atoms with E-state index in [9.17, 15) is 0 Å². The van der Waals surface area contributed by atoms with Gasteiger partial charge in [-0.05, 0) is 36.6 Å². The van der Waals surface area contributed by atoms with E-state index in [1.54, 1.807) is 6.07 Å². The Morgan fingerprint density at radius 2 is 1.95 bits per heavy atom. The minimum absolute atomic E-state index is 0.477. The van der Waals surface area contributed by atoms with Crippen LogP contribution in [0.2, 0.25) is 10.0 Å². The summed E-state index contributed by atoms with van der Waals surface area (Å²) in [5.74, 6) is 0. The van der Waals surface area contributed by atoms with Crippen LogP contribution in [0.3, 0.4) is 0 Å². The highest BCUT2D eigenvalue weighted by Crippen LogP contribution is 2.21. The van der Waals surface area contributed by atoms with Gasteiger partial charge in [0.15, 0.2) is 0 Å². The van der Waals surface area contributed by atoms with E-state index >= 15 is 0 Å². The molecule has 0 atom stereocenters. The van der Waals surface area contributed by atoms with Crippen LogP contribution >= 0.6 is 23.2 Å². The number of rotatable bonds is 6. The highest BCUT2D eigenvalue weighted by Gasteiger charge is 2.12. The predicted molar refractivity (Wildman–Crippen MR) is 81.0 cm³/mol. The molecule has 1 aromatic carbocycles. The fourth-order valence-electron chi connectivity index (χ4n) is 2.43. The van der Waals surface area contributed by atoms with E-state index in [2.05, 4.69) is 5.32 Å². The van der Waals surface area contributed by atoms with Crippen LogP contribution < -0.4 is 5.32 Å². The van der Waals surface area contributed by atoms with Gasteiger partial charge in [-0.2, -0.15) is 0 Å². The smallest absolute Gasteiger partial charge is 0.0594 e. The highest BCUT2D eigenvalue weighted by atomic mass is 35.5. The molecule has 1 aliphatic rings. The van der Waals surface area contributed by atoms with Crippen molar-refractivity contribution >= 4 is 23.2 Å². The van der Waals surface area contributed by atoms with Crippen molar-refractivity contribution in [3.05, 3.63) is 33.8 Å². The zero-order valence-electron chi connectivity index (χ0n) is 11.1. The third-order valence-corrected chi connectivity index (χ3v) is 4.11. The summed E-state index contributed by atoms with van der Waals surface area (Å²) < 4.78 is 5.85. The molecule has 19 heavy (non-hydrogen) atoms. The average Bonchev–Trinajstić information content (AvgIpc) is 2.43. The van der Waals surface area contributed by atoms with E-state index in [0.717, 1.165) is 35.3 Å². The van der Waals surface area contributed by atoms with Crippen LogP contribution in [0.1, 0.15) is 37.7 Å². The summed E-state index contributed by atoms with van der Waals surface area (Å²) in [5, 5.41) is 4.82. The molecule has 0 heterocycles. The van der Waals surface area contributed by atoms with Gasteiger partial charge in [-0.15, -0.1) is 0 Å². The first-order valence-electron chi connectivity index (χ1n) is 7.02. The van der Waals surface area contributed by atoms with Gasteiger partial charge in [-0.1, -0.05) is 42.5 Å². The van der Waals surface area contributed by atoms with Crippen molar-refractivity contribution in [1.82, 2.24) is 5.32 Å². The molecule has 0 radical (unpaired) electrons. The second kappa shape index (κ2) is 8.11. The standard InChI is InChI=1S/C15H21Cl2NO/c16-13-6-7-15(17)12(10-13)11-18-8-9-19-14-4-2-1-3-5-14/h6-7,10,14,18H,1-5,8-9,11H2. The van der Waals surface area contributed by atoms with Crippen molar-refractivity contribution in [2.24, 2.45) is 0 Å². The number of benzene rings is 1. The number of ether oxygens (including phenoxy) is 1. The molecule has 1 aromatic rings. The minimum atomic E-state index is 0.477. The molecule has 1 N–H and O–H groups in total. The third kappa shape index (κ3) is 5.31. The Balaban J connectivity index is 1.62. The summed E-state index contributed by atoms with van der Waals surface area (Å²) >= 11 is 12.0. The average molecular weight is 302 g/mol. The van der Waals surface area contributed by atoms with Crippen molar-refractivity contribution in [2.75, 3.05) is 13.2 Å². The maximum Gasteiger partial charge on any atom is 0.0594 e. The van der Waals surface area contributed by atoms with E-state index in [-0.39, 0.29) is 0 Å². The first-order valence-corrected chi connectivity index (χ1v) is 7.77. The Morgan fingerprint density at radius 3 is 2.74 bits per heavy atom. The Hall–Kier alpha value is -0.280. The van der Waals surface area contributed by atoms with Crippen LogP contribution in [-0.4, -0.2) is 19.3 Å². The molecule has 0 spiro atoms. The summed E-state index contributed by atoms with van der Waals surface area (Å²) in [4.78, 5) is 0. The van der Waals surface area contributed by atoms with Gasteiger partial charge in [0.2, 0.25) is 0 Å². The lowest BCUT2D eigenvalue weighted by atomic mass is 9.98. The monoisotopic (exact) mass is 301 g/mol. The molecule has 0 aromatic heterocycles. The normalized spacial score (nSPS) is 16.7. The van der Waals surface area contributed by atoms with E-state index in [4.69, 9.17) is 27.9 Å². The Labute approximate surface area is 125 Å². The van der Waals surface area contributed by atoms with Gasteiger partial charge in [0.05, 0.1) is 12.7 Å². The molecule has 0 bridgehead atoms. The van der Waals surface area contributed by atoms with Gasteiger partial charge in [0, 0.05) is 23.1 Å².